The molecular formula is C24H18N4O2S. The summed E-state index contributed by atoms with van der Waals surface area (Å²) in [6.45, 7) is 2.83. The van der Waals surface area contributed by atoms with Gasteiger partial charge in [0.1, 0.15) is 0 Å². The minimum atomic E-state index is 0.236. The average molecular weight is 427 g/mol. The molecule has 4 aromatic rings. The third-order valence-corrected chi connectivity index (χ3v) is 5.96. The number of hydrogen-bond donors (Lipinski definition) is 1. The Morgan fingerprint density at radius 3 is 2.68 bits per heavy atom. The van der Waals surface area contributed by atoms with E-state index in [0.29, 0.717) is 12.1 Å². The number of hydrogen-bond acceptors (Lipinski definition) is 7. The SMILES string of the molecule is Cc1cccc(-c2sc(NCc3ccc(C#N)cc3)nc2-c2ccc3c(c2)OCO3)n1. The van der Waals surface area contributed by atoms with E-state index in [2.05, 4.69) is 11.4 Å². The summed E-state index contributed by atoms with van der Waals surface area (Å²) in [6.07, 6.45) is 0. The molecule has 0 saturated heterocycles. The Morgan fingerprint density at radius 2 is 1.87 bits per heavy atom. The second-order valence-corrected chi connectivity index (χ2v) is 8.09. The minimum Gasteiger partial charge on any atom is -0.454 e. The highest BCUT2D eigenvalue weighted by Crippen LogP contribution is 2.42. The first kappa shape index (κ1) is 19.1. The molecule has 0 bridgehead atoms. The van der Waals surface area contributed by atoms with E-state index in [0.717, 1.165) is 49.7 Å². The quantitative estimate of drug-likeness (QED) is 0.461. The summed E-state index contributed by atoms with van der Waals surface area (Å²) in [4.78, 5) is 10.6. The lowest BCUT2D eigenvalue weighted by molar-refractivity contribution is 0.174. The Morgan fingerprint density at radius 1 is 1.03 bits per heavy atom. The van der Waals surface area contributed by atoms with Gasteiger partial charge in [0.05, 0.1) is 27.9 Å². The zero-order valence-electron chi connectivity index (χ0n) is 16.8. The molecule has 1 aliphatic heterocycles. The molecule has 1 N–H and O–H groups in total. The fraction of sp³-hybridized carbons (Fsp3) is 0.125. The summed E-state index contributed by atoms with van der Waals surface area (Å²) in [7, 11) is 0. The van der Waals surface area contributed by atoms with Crippen molar-refractivity contribution in [2.75, 3.05) is 12.1 Å². The molecule has 7 heteroatoms. The van der Waals surface area contributed by atoms with Crippen molar-refractivity contribution < 1.29 is 9.47 Å². The number of aryl methyl sites for hydroxylation is 1. The Hall–Kier alpha value is -3.89. The first-order valence-electron chi connectivity index (χ1n) is 9.77. The summed E-state index contributed by atoms with van der Waals surface area (Å²) in [6, 6.07) is 21.5. The molecule has 0 aliphatic carbocycles. The third kappa shape index (κ3) is 3.93. The number of thiazole rings is 1. The van der Waals surface area contributed by atoms with Crippen molar-refractivity contribution in [1.29, 1.82) is 5.26 Å². The molecule has 152 valence electrons. The molecule has 0 unspecified atom stereocenters. The zero-order chi connectivity index (χ0) is 21.2. The van der Waals surface area contributed by atoms with Crippen LogP contribution in [0, 0.1) is 18.3 Å². The fourth-order valence-corrected chi connectivity index (χ4v) is 4.31. The van der Waals surface area contributed by atoms with Crippen LogP contribution in [-0.4, -0.2) is 16.8 Å². The van der Waals surface area contributed by atoms with Crippen LogP contribution in [0.3, 0.4) is 0 Å². The number of anilines is 1. The molecular weight excluding hydrogens is 408 g/mol. The van der Waals surface area contributed by atoms with Gasteiger partial charge < -0.3 is 14.8 Å². The highest BCUT2D eigenvalue weighted by Gasteiger charge is 2.20. The number of fused-ring (bicyclic) bond motifs is 1. The van der Waals surface area contributed by atoms with Gasteiger partial charge in [-0.15, -0.1) is 0 Å². The summed E-state index contributed by atoms with van der Waals surface area (Å²) >= 11 is 1.57. The second-order valence-electron chi connectivity index (χ2n) is 7.09. The topological polar surface area (TPSA) is 80.1 Å². The minimum absolute atomic E-state index is 0.236. The van der Waals surface area contributed by atoms with Crippen molar-refractivity contribution in [2.24, 2.45) is 0 Å². The average Bonchev–Trinajstić information content (AvgIpc) is 3.44. The lowest BCUT2D eigenvalue weighted by Gasteiger charge is -2.04. The largest absolute Gasteiger partial charge is 0.454 e. The standard InChI is InChI=1S/C24H18N4O2S/c1-15-3-2-4-19(27-15)23-22(18-9-10-20-21(11-18)30-14-29-20)28-24(31-23)26-13-17-7-5-16(12-25)6-8-17/h2-11H,13-14H2,1H3,(H,26,28). The van der Waals surface area contributed by atoms with Crippen LogP contribution in [-0.2, 0) is 6.54 Å². The van der Waals surface area contributed by atoms with Crippen molar-refractivity contribution >= 4 is 16.5 Å². The van der Waals surface area contributed by atoms with Gasteiger partial charge in [0.2, 0.25) is 6.79 Å². The van der Waals surface area contributed by atoms with E-state index in [4.69, 9.17) is 24.7 Å². The van der Waals surface area contributed by atoms with E-state index in [-0.39, 0.29) is 6.79 Å². The fourth-order valence-electron chi connectivity index (χ4n) is 3.35. The van der Waals surface area contributed by atoms with Crippen molar-refractivity contribution in [1.82, 2.24) is 9.97 Å². The Labute approximate surface area is 183 Å². The number of aromatic nitrogens is 2. The summed E-state index contributed by atoms with van der Waals surface area (Å²) in [5.41, 5.74) is 5.37. The molecule has 6 nitrogen and oxygen atoms in total. The molecule has 3 heterocycles. The normalized spacial score (nSPS) is 11.9. The van der Waals surface area contributed by atoms with Gasteiger partial charge in [-0.2, -0.15) is 5.26 Å². The maximum atomic E-state index is 8.97. The first-order valence-corrected chi connectivity index (χ1v) is 10.6. The Bertz CT molecular complexity index is 1290. The summed E-state index contributed by atoms with van der Waals surface area (Å²) < 4.78 is 11.0. The summed E-state index contributed by atoms with van der Waals surface area (Å²) in [5, 5.41) is 13.2. The maximum Gasteiger partial charge on any atom is 0.231 e. The zero-order valence-corrected chi connectivity index (χ0v) is 17.6. The van der Waals surface area contributed by atoms with E-state index in [9.17, 15) is 0 Å². The lowest BCUT2D eigenvalue weighted by Crippen LogP contribution is -1.98. The molecule has 2 aromatic carbocycles. The van der Waals surface area contributed by atoms with Gasteiger partial charge in [-0.25, -0.2) is 4.98 Å². The van der Waals surface area contributed by atoms with Crippen LogP contribution in [0.25, 0.3) is 21.8 Å². The van der Waals surface area contributed by atoms with Gasteiger partial charge >= 0.3 is 0 Å². The van der Waals surface area contributed by atoms with Crippen molar-refractivity contribution in [3.05, 3.63) is 77.5 Å². The molecule has 0 atom stereocenters. The van der Waals surface area contributed by atoms with Crippen LogP contribution in [0.1, 0.15) is 16.8 Å². The molecule has 0 radical (unpaired) electrons. The first-order chi connectivity index (χ1) is 15.2. The van der Waals surface area contributed by atoms with E-state index >= 15 is 0 Å². The van der Waals surface area contributed by atoms with Gasteiger partial charge in [-0.1, -0.05) is 29.5 Å². The monoisotopic (exact) mass is 426 g/mol. The van der Waals surface area contributed by atoms with Gasteiger partial charge in [-0.3, -0.25) is 4.98 Å². The predicted octanol–water partition coefficient (Wildman–Crippen LogP) is 5.39. The van der Waals surface area contributed by atoms with Gasteiger partial charge in [0.15, 0.2) is 16.6 Å². The number of benzene rings is 2. The number of nitriles is 1. The van der Waals surface area contributed by atoms with Crippen LogP contribution < -0.4 is 14.8 Å². The van der Waals surface area contributed by atoms with Crippen LogP contribution >= 0.6 is 11.3 Å². The van der Waals surface area contributed by atoms with E-state index < -0.39 is 0 Å². The molecule has 31 heavy (non-hydrogen) atoms. The van der Waals surface area contributed by atoms with E-state index in [1.54, 1.807) is 11.3 Å². The number of rotatable bonds is 5. The summed E-state index contributed by atoms with van der Waals surface area (Å²) in [5.74, 6) is 1.47. The van der Waals surface area contributed by atoms with Gasteiger partial charge in [0.25, 0.3) is 0 Å². The van der Waals surface area contributed by atoms with Crippen molar-refractivity contribution in [3.8, 4) is 39.4 Å². The number of nitrogens with zero attached hydrogens (tertiary/aromatic N) is 3. The molecule has 0 amide bonds. The highest BCUT2D eigenvalue weighted by atomic mass is 32.1. The second kappa shape index (κ2) is 8.09. The number of nitrogens with one attached hydrogen (secondary N) is 1. The molecule has 0 saturated carbocycles. The van der Waals surface area contributed by atoms with Crippen molar-refractivity contribution in [2.45, 2.75) is 13.5 Å². The van der Waals surface area contributed by atoms with E-state index in [1.165, 1.54) is 0 Å². The molecule has 2 aromatic heterocycles. The predicted molar refractivity (Wildman–Crippen MR) is 120 cm³/mol. The Balaban J connectivity index is 1.49. The number of ether oxygens (including phenoxy) is 2. The van der Waals surface area contributed by atoms with Gasteiger partial charge in [-0.05, 0) is 55.0 Å². The molecule has 0 spiro atoms. The highest BCUT2D eigenvalue weighted by molar-refractivity contribution is 7.19. The number of pyridine rings is 1. The molecule has 5 rings (SSSR count). The van der Waals surface area contributed by atoms with Crippen LogP contribution in [0.2, 0.25) is 0 Å². The van der Waals surface area contributed by atoms with Crippen LogP contribution in [0.5, 0.6) is 11.5 Å². The van der Waals surface area contributed by atoms with Crippen LogP contribution in [0.15, 0.2) is 60.7 Å². The Kier molecular flexibility index (Phi) is 4.98. The molecule has 1 aliphatic rings. The van der Waals surface area contributed by atoms with Gasteiger partial charge in [0, 0.05) is 17.8 Å². The molecule has 0 fully saturated rings. The third-order valence-electron chi connectivity index (χ3n) is 4.92. The van der Waals surface area contributed by atoms with Crippen molar-refractivity contribution in [3.63, 3.8) is 0 Å². The van der Waals surface area contributed by atoms with Crippen LogP contribution in [0.4, 0.5) is 5.13 Å². The maximum absolute atomic E-state index is 8.97. The lowest BCUT2D eigenvalue weighted by atomic mass is 10.1. The van der Waals surface area contributed by atoms with E-state index in [1.807, 2.05) is 67.6 Å². The smallest absolute Gasteiger partial charge is 0.231 e.